The maximum Gasteiger partial charge on any atom is 0.259 e. The van der Waals surface area contributed by atoms with E-state index in [0.29, 0.717) is 16.4 Å². The zero-order valence-electron chi connectivity index (χ0n) is 10.2. The number of hydrazine groups is 1. The predicted octanol–water partition coefficient (Wildman–Crippen LogP) is 2.30. The van der Waals surface area contributed by atoms with Crippen LogP contribution in [0.5, 0.6) is 0 Å². The highest BCUT2D eigenvalue weighted by Crippen LogP contribution is 2.20. The first kappa shape index (κ1) is 12.5. The van der Waals surface area contributed by atoms with Crippen LogP contribution < -0.4 is 16.6 Å². The number of amides is 1. The molecule has 1 aromatic carbocycles. The van der Waals surface area contributed by atoms with Crippen LogP contribution in [0.15, 0.2) is 23.6 Å². The smallest absolute Gasteiger partial charge is 0.259 e. The number of benzene rings is 1. The van der Waals surface area contributed by atoms with Gasteiger partial charge in [-0.2, -0.15) is 0 Å². The normalized spacial score (nSPS) is 10.2. The third-order valence-corrected chi connectivity index (χ3v) is 3.29. The SMILES string of the molecule is Cc1ccc(C(=O)Nc2nc(C)cs2)c(NN)c1. The minimum Gasteiger partial charge on any atom is -0.323 e. The van der Waals surface area contributed by atoms with Gasteiger partial charge in [0.15, 0.2) is 5.13 Å². The molecule has 1 heterocycles. The maximum absolute atomic E-state index is 12.1. The van der Waals surface area contributed by atoms with Gasteiger partial charge >= 0.3 is 0 Å². The van der Waals surface area contributed by atoms with Gasteiger partial charge in [-0.3, -0.25) is 16.0 Å². The summed E-state index contributed by atoms with van der Waals surface area (Å²) in [7, 11) is 0. The molecule has 1 aromatic heterocycles. The van der Waals surface area contributed by atoms with Crippen molar-refractivity contribution in [3.05, 3.63) is 40.4 Å². The molecule has 0 spiro atoms. The molecule has 4 N–H and O–H groups in total. The van der Waals surface area contributed by atoms with Crippen molar-refractivity contribution in [2.45, 2.75) is 13.8 Å². The van der Waals surface area contributed by atoms with Gasteiger partial charge in [0.25, 0.3) is 5.91 Å². The number of nitrogens with two attached hydrogens (primary N) is 1. The van der Waals surface area contributed by atoms with Crippen LogP contribution in [-0.2, 0) is 0 Å². The maximum atomic E-state index is 12.1. The average Bonchev–Trinajstić information content (AvgIpc) is 2.74. The average molecular weight is 262 g/mol. The van der Waals surface area contributed by atoms with Crippen LogP contribution in [0.25, 0.3) is 0 Å². The van der Waals surface area contributed by atoms with Gasteiger partial charge in [0, 0.05) is 5.38 Å². The largest absolute Gasteiger partial charge is 0.323 e. The summed E-state index contributed by atoms with van der Waals surface area (Å²) in [5.41, 5.74) is 5.54. The van der Waals surface area contributed by atoms with Gasteiger partial charge in [-0.25, -0.2) is 4.98 Å². The minimum absolute atomic E-state index is 0.225. The molecule has 0 atom stereocenters. The molecule has 6 heteroatoms. The number of nitrogen functional groups attached to an aromatic ring is 1. The van der Waals surface area contributed by atoms with Gasteiger partial charge in [-0.15, -0.1) is 11.3 Å². The topological polar surface area (TPSA) is 80.0 Å². The number of hydrogen-bond donors (Lipinski definition) is 3. The van der Waals surface area contributed by atoms with E-state index in [0.717, 1.165) is 11.3 Å². The summed E-state index contributed by atoms with van der Waals surface area (Å²) in [5, 5.41) is 5.21. The summed E-state index contributed by atoms with van der Waals surface area (Å²) in [6.07, 6.45) is 0. The Hall–Kier alpha value is -1.92. The van der Waals surface area contributed by atoms with E-state index in [9.17, 15) is 4.79 Å². The Morgan fingerprint density at radius 1 is 1.39 bits per heavy atom. The molecule has 2 rings (SSSR count). The van der Waals surface area contributed by atoms with E-state index in [1.54, 1.807) is 6.07 Å². The van der Waals surface area contributed by atoms with E-state index in [1.165, 1.54) is 11.3 Å². The first-order chi connectivity index (χ1) is 8.60. The van der Waals surface area contributed by atoms with Crippen molar-refractivity contribution < 1.29 is 4.79 Å². The Labute approximate surface area is 109 Å². The van der Waals surface area contributed by atoms with E-state index in [-0.39, 0.29) is 5.91 Å². The molecule has 1 amide bonds. The zero-order chi connectivity index (χ0) is 13.1. The summed E-state index contributed by atoms with van der Waals surface area (Å²) in [6.45, 7) is 3.82. The van der Waals surface area contributed by atoms with Gasteiger partial charge in [0.2, 0.25) is 0 Å². The molecule has 0 bridgehead atoms. The molecule has 0 fully saturated rings. The fourth-order valence-corrected chi connectivity index (χ4v) is 2.23. The summed E-state index contributed by atoms with van der Waals surface area (Å²) < 4.78 is 0. The first-order valence-corrected chi connectivity index (χ1v) is 6.29. The highest BCUT2D eigenvalue weighted by Gasteiger charge is 2.12. The quantitative estimate of drug-likeness (QED) is 0.585. The van der Waals surface area contributed by atoms with Crippen LogP contribution in [0.4, 0.5) is 10.8 Å². The Morgan fingerprint density at radius 2 is 2.17 bits per heavy atom. The molecule has 0 aliphatic rings. The summed E-state index contributed by atoms with van der Waals surface area (Å²) in [6, 6.07) is 5.42. The molecule has 0 aliphatic heterocycles. The molecule has 0 radical (unpaired) electrons. The third kappa shape index (κ3) is 2.66. The lowest BCUT2D eigenvalue weighted by atomic mass is 10.1. The Kier molecular flexibility index (Phi) is 3.59. The van der Waals surface area contributed by atoms with Gasteiger partial charge in [0.1, 0.15) is 0 Å². The monoisotopic (exact) mass is 262 g/mol. The van der Waals surface area contributed by atoms with Crippen LogP contribution in [0.3, 0.4) is 0 Å². The second-order valence-electron chi connectivity index (χ2n) is 3.94. The van der Waals surface area contributed by atoms with Crippen molar-refractivity contribution in [1.82, 2.24) is 4.98 Å². The summed E-state index contributed by atoms with van der Waals surface area (Å²) in [5.74, 6) is 5.19. The minimum atomic E-state index is -0.225. The van der Waals surface area contributed by atoms with Crippen molar-refractivity contribution in [1.29, 1.82) is 0 Å². The van der Waals surface area contributed by atoms with E-state index in [4.69, 9.17) is 5.84 Å². The lowest BCUT2D eigenvalue weighted by Crippen LogP contribution is -2.17. The lowest BCUT2D eigenvalue weighted by molar-refractivity contribution is 0.102. The van der Waals surface area contributed by atoms with E-state index < -0.39 is 0 Å². The molecular weight excluding hydrogens is 248 g/mol. The molecule has 94 valence electrons. The number of nitrogens with one attached hydrogen (secondary N) is 2. The second-order valence-corrected chi connectivity index (χ2v) is 4.80. The second kappa shape index (κ2) is 5.16. The van der Waals surface area contributed by atoms with Gasteiger partial charge in [0.05, 0.1) is 16.9 Å². The summed E-state index contributed by atoms with van der Waals surface area (Å²) in [4.78, 5) is 16.3. The van der Waals surface area contributed by atoms with Crippen molar-refractivity contribution in [2.24, 2.45) is 5.84 Å². The highest BCUT2D eigenvalue weighted by molar-refractivity contribution is 7.13. The number of thiazole rings is 1. The van der Waals surface area contributed by atoms with E-state index >= 15 is 0 Å². The van der Waals surface area contributed by atoms with Gasteiger partial charge in [-0.05, 0) is 31.5 Å². The fraction of sp³-hybridized carbons (Fsp3) is 0.167. The van der Waals surface area contributed by atoms with Crippen molar-refractivity contribution in [2.75, 3.05) is 10.7 Å². The zero-order valence-corrected chi connectivity index (χ0v) is 11.0. The van der Waals surface area contributed by atoms with Crippen LogP contribution >= 0.6 is 11.3 Å². The summed E-state index contributed by atoms with van der Waals surface area (Å²) >= 11 is 1.39. The van der Waals surface area contributed by atoms with Crippen molar-refractivity contribution in [3.63, 3.8) is 0 Å². The fourth-order valence-electron chi connectivity index (χ4n) is 1.55. The Bertz CT molecular complexity index is 579. The highest BCUT2D eigenvalue weighted by atomic mass is 32.1. The van der Waals surface area contributed by atoms with Crippen LogP contribution in [0.1, 0.15) is 21.6 Å². The van der Waals surface area contributed by atoms with E-state index in [1.807, 2.05) is 31.4 Å². The molecule has 0 saturated carbocycles. The number of nitrogens with zero attached hydrogens (tertiary/aromatic N) is 1. The van der Waals surface area contributed by atoms with Crippen LogP contribution in [0.2, 0.25) is 0 Å². The number of hydrogen-bond acceptors (Lipinski definition) is 5. The lowest BCUT2D eigenvalue weighted by Gasteiger charge is -2.09. The Balaban J connectivity index is 2.23. The van der Waals surface area contributed by atoms with Gasteiger partial charge < -0.3 is 5.43 Å². The van der Waals surface area contributed by atoms with Crippen LogP contribution in [0, 0.1) is 13.8 Å². The third-order valence-electron chi connectivity index (χ3n) is 2.41. The molecular formula is C12H14N4OS. The molecule has 0 aliphatic carbocycles. The Morgan fingerprint density at radius 3 is 2.78 bits per heavy atom. The molecule has 18 heavy (non-hydrogen) atoms. The number of anilines is 2. The van der Waals surface area contributed by atoms with E-state index in [2.05, 4.69) is 15.7 Å². The molecule has 0 saturated heterocycles. The number of rotatable bonds is 3. The predicted molar refractivity (Wildman–Crippen MR) is 73.8 cm³/mol. The van der Waals surface area contributed by atoms with Crippen molar-refractivity contribution >= 4 is 28.1 Å². The number of carbonyl (C=O) groups excluding carboxylic acids is 1. The molecule has 5 nitrogen and oxygen atoms in total. The van der Waals surface area contributed by atoms with Gasteiger partial charge in [-0.1, -0.05) is 6.07 Å². The number of aromatic nitrogens is 1. The first-order valence-electron chi connectivity index (χ1n) is 5.41. The number of aryl methyl sites for hydroxylation is 2. The molecule has 0 unspecified atom stereocenters. The molecule has 2 aromatic rings. The van der Waals surface area contributed by atoms with Crippen LogP contribution in [-0.4, -0.2) is 10.9 Å². The number of carbonyl (C=O) groups is 1. The standard InChI is InChI=1S/C12H14N4OS/c1-7-3-4-9(10(5-7)16-13)11(17)15-12-14-8(2)6-18-12/h3-6,16H,13H2,1-2H3,(H,14,15,17). The van der Waals surface area contributed by atoms with Crippen molar-refractivity contribution in [3.8, 4) is 0 Å².